The van der Waals surface area contributed by atoms with E-state index in [1.807, 2.05) is 0 Å². The maximum Gasteiger partial charge on any atom is 0.314 e. The first-order chi connectivity index (χ1) is 14.0. The van der Waals surface area contributed by atoms with Gasteiger partial charge in [0.05, 0.1) is 13.0 Å². The highest BCUT2D eigenvalue weighted by Gasteiger charge is 2.41. The number of carbonyl (C=O) groups excluding carboxylic acids is 1. The van der Waals surface area contributed by atoms with E-state index in [1.165, 1.54) is 70.6 Å². The molecule has 0 amide bonds. The highest BCUT2D eigenvalue weighted by atomic mass is 19.2. The van der Waals surface area contributed by atoms with Crippen LogP contribution in [0.3, 0.4) is 0 Å². The zero-order chi connectivity index (χ0) is 20.9. The summed E-state index contributed by atoms with van der Waals surface area (Å²) < 4.78 is 38.0. The third-order valence-electron chi connectivity index (χ3n) is 7.25. The van der Waals surface area contributed by atoms with Crippen molar-refractivity contribution in [2.24, 2.45) is 17.3 Å². The molecular weight excluding hydrogens is 374 g/mol. The molecule has 1 aromatic rings. The van der Waals surface area contributed by atoms with Gasteiger partial charge in [-0.2, -0.15) is 8.78 Å². The Labute approximate surface area is 173 Å². The van der Waals surface area contributed by atoms with Crippen LogP contribution >= 0.6 is 0 Å². The third-order valence-corrected chi connectivity index (χ3v) is 7.25. The lowest BCUT2D eigenvalue weighted by Crippen LogP contribution is -2.37. The molecule has 0 aromatic heterocycles. The van der Waals surface area contributed by atoms with E-state index in [0.717, 1.165) is 25.7 Å². The minimum Gasteiger partial charge on any atom is -0.494 e. The largest absolute Gasteiger partial charge is 0.494 e. The smallest absolute Gasteiger partial charge is 0.314 e. The highest BCUT2D eigenvalue weighted by molar-refractivity contribution is 5.75. The summed E-state index contributed by atoms with van der Waals surface area (Å²) in [5.41, 5.74) is 0.453. The lowest BCUT2D eigenvalue weighted by Gasteiger charge is -2.46. The molecule has 0 radical (unpaired) electrons. The van der Waals surface area contributed by atoms with Gasteiger partial charge in [-0.1, -0.05) is 39.0 Å². The van der Waals surface area contributed by atoms with Gasteiger partial charge in [0.25, 0.3) is 0 Å². The van der Waals surface area contributed by atoms with Crippen molar-refractivity contribution in [1.82, 2.24) is 0 Å². The Kier molecular flexibility index (Phi) is 7.53. The zero-order valence-electron chi connectivity index (χ0n) is 17.8. The van der Waals surface area contributed by atoms with Crippen LogP contribution in [0.15, 0.2) is 12.1 Å². The van der Waals surface area contributed by atoms with Gasteiger partial charge < -0.3 is 9.47 Å². The summed E-state index contributed by atoms with van der Waals surface area (Å²) in [6.45, 7) is 2.25. The Morgan fingerprint density at radius 2 is 1.66 bits per heavy atom. The summed E-state index contributed by atoms with van der Waals surface area (Å²) >= 11 is 0. The van der Waals surface area contributed by atoms with E-state index < -0.39 is 17.6 Å². The molecule has 5 heteroatoms. The van der Waals surface area contributed by atoms with Crippen LogP contribution in [0.4, 0.5) is 8.78 Å². The molecule has 0 atom stereocenters. The molecule has 2 saturated carbocycles. The predicted molar refractivity (Wildman–Crippen MR) is 109 cm³/mol. The molecule has 2 fully saturated rings. The second-order valence-electron chi connectivity index (χ2n) is 8.89. The van der Waals surface area contributed by atoms with Crippen LogP contribution in [0.25, 0.3) is 0 Å². The second-order valence-corrected chi connectivity index (χ2v) is 8.89. The number of benzene rings is 1. The molecule has 2 aliphatic rings. The molecular formula is C24H34F2O3. The fourth-order valence-electron chi connectivity index (χ4n) is 5.53. The number of esters is 1. The standard InChI is InChI=1S/C24H34F2O3/c1-3-4-14-24(15-6-5-7-16-24)18-10-8-17(9-11-18)23(27)29-20-13-12-19(28-2)21(25)22(20)26/h12-13,17-18H,3-11,14-16H2,1-2H3/t17-,18-. The molecule has 0 saturated heterocycles. The van der Waals surface area contributed by atoms with Crippen molar-refractivity contribution in [1.29, 1.82) is 0 Å². The van der Waals surface area contributed by atoms with Crippen molar-refractivity contribution in [3.8, 4) is 11.5 Å². The van der Waals surface area contributed by atoms with Gasteiger partial charge in [-0.05, 0) is 68.4 Å². The SMILES string of the molecule is CCCCC1([C@H]2CC[C@H](C(=O)Oc3ccc(OC)c(F)c3F)CC2)CCCCC1. The summed E-state index contributed by atoms with van der Waals surface area (Å²) in [6, 6.07) is 2.53. The lowest BCUT2D eigenvalue weighted by atomic mass is 9.59. The van der Waals surface area contributed by atoms with Gasteiger partial charge in [0, 0.05) is 0 Å². The average Bonchev–Trinajstić information content (AvgIpc) is 2.76. The van der Waals surface area contributed by atoms with Crippen LogP contribution in [0.1, 0.15) is 84.0 Å². The van der Waals surface area contributed by atoms with E-state index in [1.54, 1.807) is 0 Å². The molecule has 0 bridgehead atoms. The van der Waals surface area contributed by atoms with Gasteiger partial charge in [0.2, 0.25) is 11.6 Å². The predicted octanol–water partition coefficient (Wildman–Crippen LogP) is 6.83. The minimum absolute atomic E-state index is 0.201. The first kappa shape index (κ1) is 22.0. The first-order valence-corrected chi connectivity index (χ1v) is 11.2. The van der Waals surface area contributed by atoms with Crippen LogP contribution in [0.2, 0.25) is 0 Å². The molecule has 3 nitrogen and oxygen atoms in total. The van der Waals surface area contributed by atoms with Gasteiger partial charge in [0.15, 0.2) is 11.5 Å². The molecule has 162 valence electrons. The van der Waals surface area contributed by atoms with Gasteiger partial charge in [-0.25, -0.2) is 0 Å². The fraction of sp³-hybridized carbons (Fsp3) is 0.708. The lowest BCUT2D eigenvalue weighted by molar-refractivity contribution is -0.141. The number of carbonyl (C=O) groups is 1. The molecule has 3 rings (SSSR count). The van der Waals surface area contributed by atoms with Crippen molar-refractivity contribution in [3.05, 3.63) is 23.8 Å². The Balaban J connectivity index is 1.60. The molecule has 29 heavy (non-hydrogen) atoms. The Hall–Kier alpha value is -1.65. The Morgan fingerprint density at radius 1 is 1.03 bits per heavy atom. The van der Waals surface area contributed by atoms with Crippen molar-refractivity contribution < 1.29 is 23.0 Å². The number of ether oxygens (including phenoxy) is 2. The Bertz CT molecular complexity index is 690. The summed E-state index contributed by atoms with van der Waals surface area (Å²) in [6.07, 6.45) is 14.1. The zero-order valence-corrected chi connectivity index (χ0v) is 17.8. The van der Waals surface area contributed by atoms with Crippen molar-refractivity contribution in [2.75, 3.05) is 7.11 Å². The quantitative estimate of drug-likeness (QED) is 0.366. The van der Waals surface area contributed by atoms with Crippen molar-refractivity contribution >= 4 is 5.97 Å². The van der Waals surface area contributed by atoms with Crippen LogP contribution in [0, 0.1) is 28.9 Å². The molecule has 0 spiro atoms. The van der Waals surface area contributed by atoms with E-state index in [9.17, 15) is 13.6 Å². The summed E-state index contributed by atoms with van der Waals surface area (Å²) in [4.78, 5) is 12.6. The minimum atomic E-state index is -1.17. The number of hydrogen-bond donors (Lipinski definition) is 0. The number of rotatable bonds is 7. The number of hydrogen-bond acceptors (Lipinski definition) is 3. The van der Waals surface area contributed by atoms with Crippen LogP contribution in [0.5, 0.6) is 11.5 Å². The van der Waals surface area contributed by atoms with E-state index in [0.29, 0.717) is 11.3 Å². The molecule has 0 N–H and O–H groups in total. The average molecular weight is 409 g/mol. The van der Waals surface area contributed by atoms with Gasteiger partial charge in [-0.15, -0.1) is 0 Å². The maximum atomic E-state index is 14.1. The monoisotopic (exact) mass is 408 g/mol. The normalized spacial score (nSPS) is 24.1. The molecule has 0 heterocycles. The Morgan fingerprint density at radius 3 is 2.28 bits per heavy atom. The molecule has 1 aromatic carbocycles. The summed E-state index contributed by atoms with van der Waals surface area (Å²) in [7, 11) is 1.27. The second kappa shape index (κ2) is 9.90. The number of unbranched alkanes of at least 4 members (excludes halogenated alkanes) is 1. The van der Waals surface area contributed by atoms with Crippen LogP contribution < -0.4 is 9.47 Å². The van der Waals surface area contributed by atoms with Crippen molar-refractivity contribution in [3.63, 3.8) is 0 Å². The van der Waals surface area contributed by atoms with E-state index >= 15 is 0 Å². The van der Waals surface area contributed by atoms with E-state index in [-0.39, 0.29) is 17.4 Å². The third kappa shape index (κ3) is 4.92. The molecule has 2 aliphatic carbocycles. The molecule has 0 aliphatic heterocycles. The maximum absolute atomic E-state index is 14.1. The summed E-state index contributed by atoms with van der Waals surface area (Å²) in [5.74, 6) is -2.87. The van der Waals surface area contributed by atoms with Gasteiger partial charge in [0.1, 0.15) is 0 Å². The highest BCUT2D eigenvalue weighted by Crippen LogP contribution is 2.52. The van der Waals surface area contributed by atoms with Crippen LogP contribution in [-0.2, 0) is 4.79 Å². The van der Waals surface area contributed by atoms with E-state index in [4.69, 9.17) is 9.47 Å². The first-order valence-electron chi connectivity index (χ1n) is 11.2. The fourth-order valence-corrected chi connectivity index (χ4v) is 5.53. The summed E-state index contributed by atoms with van der Waals surface area (Å²) in [5, 5.41) is 0. The van der Waals surface area contributed by atoms with Gasteiger partial charge >= 0.3 is 5.97 Å². The molecule has 0 unspecified atom stereocenters. The number of halogens is 2. The van der Waals surface area contributed by atoms with Crippen molar-refractivity contribution in [2.45, 2.75) is 84.0 Å². The number of methoxy groups -OCH3 is 1. The van der Waals surface area contributed by atoms with Gasteiger partial charge in [-0.3, -0.25) is 4.79 Å². The van der Waals surface area contributed by atoms with E-state index in [2.05, 4.69) is 6.92 Å². The van der Waals surface area contributed by atoms with Crippen LogP contribution in [-0.4, -0.2) is 13.1 Å². The topological polar surface area (TPSA) is 35.5 Å².